The van der Waals surface area contributed by atoms with Gasteiger partial charge in [-0.3, -0.25) is 9.05 Å². The summed E-state index contributed by atoms with van der Waals surface area (Å²) >= 11 is 3.61. The van der Waals surface area contributed by atoms with Crippen LogP contribution in [0.15, 0.2) is 0 Å². The number of phosphoric acid groups is 1. The SMILES string of the molecule is CCCCCCCCCCCCSCCOP(=O)(O)OCCSCCCCCCCCCCCC. The van der Waals surface area contributed by atoms with Crippen molar-refractivity contribution < 1.29 is 18.5 Å². The maximum Gasteiger partial charge on any atom is 0.472 e. The van der Waals surface area contributed by atoms with E-state index in [2.05, 4.69) is 13.8 Å². The quantitative estimate of drug-likeness (QED) is 0.0704. The van der Waals surface area contributed by atoms with Gasteiger partial charge in [0.1, 0.15) is 0 Å². The average molecular weight is 555 g/mol. The normalized spacial score (nSPS) is 12.0. The van der Waals surface area contributed by atoms with Crippen LogP contribution < -0.4 is 0 Å². The van der Waals surface area contributed by atoms with Crippen molar-refractivity contribution in [1.82, 2.24) is 0 Å². The lowest BCUT2D eigenvalue weighted by Crippen LogP contribution is -2.02. The van der Waals surface area contributed by atoms with E-state index in [1.807, 2.05) is 0 Å². The smallest absolute Gasteiger partial charge is 0.302 e. The van der Waals surface area contributed by atoms with E-state index in [-0.39, 0.29) is 13.2 Å². The Morgan fingerprint density at radius 3 is 1.09 bits per heavy atom. The molecule has 0 atom stereocenters. The highest BCUT2D eigenvalue weighted by Crippen LogP contribution is 2.43. The molecule has 212 valence electrons. The predicted molar refractivity (Wildman–Crippen MR) is 160 cm³/mol. The molecule has 35 heavy (non-hydrogen) atoms. The van der Waals surface area contributed by atoms with E-state index in [1.165, 1.54) is 128 Å². The van der Waals surface area contributed by atoms with Crippen molar-refractivity contribution in [2.24, 2.45) is 0 Å². The first kappa shape index (κ1) is 35.8. The number of thioether (sulfide) groups is 2. The maximum absolute atomic E-state index is 11.9. The highest BCUT2D eigenvalue weighted by molar-refractivity contribution is 7.99. The average Bonchev–Trinajstić information content (AvgIpc) is 2.84. The van der Waals surface area contributed by atoms with E-state index >= 15 is 0 Å². The largest absolute Gasteiger partial charge is 0.472 e. The van der Waals surface area contributed by atoms with Crippen LogP contribution in [0.3, 0.4) is 0 Å². The van der Waals surface area contributed by atoms with Gasteiger partial charge in [0.25, 0.3) is 0 Å². The molecule has 7 heteroatoms. The minimum absolute atomic E-state index is 0.280. The zero-order valence-corrected chi connectivity index (χ0v) is 25.8. The van der Waals surface area contributed by atoms with Crippen LogP contribution in [-0.2, 0) is 13.6 Å². The van der Waals surface area contributed by atoms with E-state index in [1.54, 1.807) is 23.5 Å². The summed E-state index contributed by atoms with van der Waals surface area (Å²) in [5, 5.41) is 0. The van der Waals surface area contributed by atoms with Crippen molar-refractivity contribution in [3.63, 3.8) is 0 Å². The molecule has 0 aromatic carbocycles. The van der Waals surface area contributed by atoms with E-state index in [0.717, 1.165) is 23.0 Å². The van der Waals surface area contributed by atoms with Crippen LogP contribution in [0.4, 0.5) is 0 Å². The molecule has 0 aromatic rings. The Morgan fingerprint density at radius 2 is 0.771 bits per heavy atom. The zero-order chi connectivity index (χ0) is 25.7. The molecular formula is C28H59O4PS2. The first-order valence-electron chi connectivity index (χ1n) is 14.9. The number of hydrogen-bond donors (Lipinski definition) is 1. The van der Waals surface area contributed by atoms with Gasteiger partial charge in [-0.25, -0.2) is 4.57 Å². The molecule has 1 N–H and O–H groups in total. The van der Waals surface area contributed by atoms with E-state index in [0.29, 0.717) is 0 Å². The molecule has 0 aliphatic rings. The molecule has 0 saturated carbocycles. The summed E-state index contributed by atoms with van der Waals surface area (Å²) in [6.07, 6.45) is 27.0. The number of rotatable bonds is 30. The van der Waals surface area contributed by atoms with Gasteiger partial charge in [-0.05, 0) is 24.3 Å². The van der Waals surface area contributed by atoms with E-state index in [4.69, 9.17) is 9.05 Å². The predicted octanol–water partition coefficient (Wildman–Crippen LogP) is 10.4. The topological polar surface area (TPSA) is 55.8 Å². The van der Waals surface area contributed by atoms with E-state index in [9.17, 15) is 9.46 Å². The van der Waals surface area contributed by atoms with Crippen LogP contribution in [0.25, 0.3) is 0 Å². The molecule has 0 bridgehead atoms. The minimum Gasteiger partial charge on any atom is -0.302 e. The lowest BCUT2D eigenvalue weighted by atomic mass is 10.1. The summed E-state index contributed by atoms with van der Waals surface area (Å²) in [5.74, 6) is 3.70. The van der Waals surface area contributed by atoms with Gasteiger partial charge in [0.15, 0.2) is 0 Å². The van der Waals surface area contributed by atoms with Crippen LogP contribution in [0.2, 0.25) is 0 Å². The standard InChI is InChI=1S/C28H59O4PS2/c1-3-5-7-9-11-13-15-17-19-21-25-34-27-23-31-33(29,30)32-24-28-35-26-22-20-18-16-14-12-10-8-6-4-2/h3-28H2,1-2H3,(H,29,30). The number of hydrogen-bond acceptors (Lipinski definition) is 5. The fourth-order valence-corrected chi connectivity index (χ4v) is 6.64. The summed E-state index contributed by atoms with van der Waals surface area (Å²) in [6.45, 7) is 5.09. The van der Waals surface area contributed by atoms with Crippen molar-refractivity contribution in [2.75, 3.05) is 36.2 Å². The van der Waals surface area contributed by atoms with Crippen molar-refractivity contribution in [3.8, 4) is 0 Å². The summed E-state index contributed by atoms with van der Waals surface area (Å²) in [4.78, 5) is 9.79. The number of phosphoric ester groups is 1. The molecule has 0 rings (SSSR count). The van der Waals surface area contributed by atoms with Gasteiger partial charge in [0.2, 0.25) is 0 Å². The highest BCUT2D eigenvalue weighted by Gasteiger charge is 2.20. The van der Waals surface area contributed by atoms with Gasteiger partial charge in [-0.15, -0.1) is 0 Å². The minimum atomic E-state index is -3.89. The van der Waals surface area contributed by atoms with Gasteiger partial charge in [-0.2, -0.15) is 23.5 Å². The van der Waals surface area contributed by atoms with Crippen LogP contribution in [0.1, 0.15) is 142 Å². The molecule has 0 radical (unpaired) electrons. The first-order chi connectivity index (χ1) is 17.1. The van der Waals surface area contributed by atoms with Gasteiger partial charge < -0.3 is 4.89 Å². The monoisotopic (exact) mass is 554 g/mol. The third-order valence-electron chi connectivity index (χ3n) is 6.25. The Labute approximate surface area is 227 Å². The Balaban J connectivity index is 3.28. The lowest BCUT2D eigenvalue weighted by molar-refractivity contribution is 0.163. The molecule has 0 spiro atoms. The van der Waals surface area contributed by atoms with Gasteiger partial charge >= 0.3 is 7.82 Å². The molecule has 4 nitrogen and oxygen atoms in total. The molecule has 0 aromatic heterocycles. The summed E-state index contributed by atoms with van der Waals surface area (Å²) < 4.78 is 22.1. The van der Waals surface area contributed by atoms with E-state index < -0.39 is 7.82 Å². The Morgan fingerprint density at radius 1 is 0.486 bits per heavy atom. The highest BCUT2D eigenvalue weighted by atomic mass is 32.2. The summed E-state index contributed by atoms with van der Waals surface area (Å²) in [5.41, 5.74) is 0. The molecular weight excluding hydrogens is 495 g/mol. The van der Waals surface area contributed by atoms with Crippen LogP contribution >= 0.6 is 31.3 Å². The van der Waals surface area contributed by atoms with Gasteiger partial charge in [0, 0.05) is 11.5 Å². The second-order valence-electron chi connectivity index (χ2n) is 9.72. The molecule has 0 aliphatic heterocycles. The zero-order valence-electron chi connectivity index (χ0n) is 23.3. The fourth-order valence-electron chi connectivity index (χ4n) is 4.05. The molecule has 0 aliphatic carbocycles. The van der Waals surface area contributed by atoms with Crippen LogP contribution in [0.5, 0.6) is 0 Å². The number of unbranched alkanes of at least 4 members (excludes halogenated alkanes) is 18. The second kappa shape index (κ2) is 29.4. The van der Waals surface area contributed by atoms with Crippen LogP contribution in [0, 0.1) is 0 Å². The Hall–Kier alpha value is 0.810. The van der Waals surface area contributed by atoms with Crippen molar-refractivity contribution >= 4 is 31.3 Å². The van der Waals surface area contributed by atoms with Crippen molar-refractivity contribution in [1.29, 1.82) is 0 Å². The lowest BCUT2D eigenvalue weighted by Gasteiger charge is -2.12. The van der Waals surface area contributed by atoms with Crippen molar-refractivity contribution in [2.45, 2.75) is 142 Å². The molecule has 0 unspecified atom stereocenters. The fraction of sp³-hybridized carbons (Fsp3) is 1.00. The summed E-state index contributed by atoms with van der Waals surface area (Å²) in [6, 6.07) is 0. The molecule has 0 saturated heterocycles. The Bertz CT molecular complexity index is 419. The van der Waals surface area contributed by atoms with Crippen molar-refractivity contribution in [3.05, 3.63) is 0 Å². The molecule has 0 heterocycles. The third kappa shape index (κ3) is 30.9. The second-order valence-corrected chi connectivity index (χ2v) is 13.6. The first-order valence-corrected chi connectivity index (χ1v) is 18.7. The van der Waals surface area contributed by atoms with Gasteiger partial charge in [0.05, 0.1) is 13.2 Å². The summed E-state index contributed by atoms with van der Waals surface area (Å²) in [7, 11) is -3.89. The van der Waals surface area contributed by atoms with Gasteiger partial charge in [-0.1, -0.05) is 129 Å². The molecule has 0 amide bonds. The van der Waals surface area contributed by atoms with Crippen LogP contribution in [-0.4, -0.2) is 41.1 Å². The third-order valence-corrected chi connectivity index (χ3v) is 9.33. The maximum atomic E-state index is 11.9. The Kier molecular flexibility index (Phi) is 30.0. The molecule has 0 fully saturated rings.